The van der Waals surface area contributed by atoms with Crippen molar-refractivity contribution < 1.29 is 4.39 Å². The molecular formula is C13H19ClFNS. The molecule has 1 nitrogen and oxygen atoms in total. The Hall–Kier alpha value is -0.250. The Bertz CT molecular complexity index is 346. The van der Waals surface area contributed by atoms with Crippen LogP contribution in [0.1, 0.15) is 18.9 Å². The predicted molar refractivity (Wildman–Crippen MR) is 75.6 cm³/mol. The van der Waals surface area contributed by atoms with Crippen LogP contribution in [0, 0.1) is 5.82 Å². The van der Waals surface area contributed by atoms with E-state index >= 15 is 0 Å². The molecule has 1 rings (SSSR count). The number of likely N-dealkylation sites (N-methyl/N-ethyl adjacent to an activating group) is 1. The van der Waals surface area contributed by atoms with E-state index in [0.29, 0.717) is 6.04 Å². The Morgan fingerprint density at radius 3 is 2.82 bits per heavy atom. The van der Waals surface area contributed by atoms with E-state index in [9.17, 15) is 4.39 Å². The van der Waals surface area contributed by atoms with Crippen LogP contribution >= 0.6 is 23.4 Å². The zero-order valence-electron chi connectivity index (χ0n) is 10.3. The van der Waals surface area contributed by atoms with Crippen molar-refractivity contribution in [3.8, 4) is 0 Å². The number of rotatable bonds is 7. The number of hydrogen-bond acceptors (Lipinski definition) is 2. The van der Waals surface area contributed by atoms with Gasteiger partial charge < -0.3 is 5.32 Å². The smallest absolute Gasteiger partial charge is 0.142 e. The second-order valence-electron chi connectivity index (χ2n) is 4.01. The van der Waals surface area contributed by atoms with Crippen LogP contribution in [-0.2, 0) is 6.42 Å². The highest BCUT2D eigenvalue weighted by molar-refractivity contribution is 7.99. The van der Waals surface area contributed by atoms with Gasteiger partial charge in [0.25, 0.3) is 0 Å². The third kappa shape index (κ3) is 5.28. The molecule has 1 unspecified atom stereocenters. The van der Waals surface area contributed by atoms with E-state index in [1.807, 2.05) is 24.9 Å². The quantitative estimate of drug-likeness (QED) is 0.761. The van der Waals surface area contributed by atoms with E-state index in [0.717, 1.165) is 17.7 Å². The van der Waals surface area contributed by atoms with Gasteiger partial charge in [0.15, 0.2) is 0 Å². The number of hydrogen-bond donors (Lipinski definition) is 1. The standard InChI is InChI=1S/C13H19ClFNS/c1-3-6-17-9-11(16-2)7-10-4-5-12(14)13(15)8-10/h4-5,8,11,16H,3,6-7,9H2,1-2H3. The summed E-state index contributed by atoms with van der Waals surface area (Å²) in [7, 11) is 1.95. The average molecular weight is 276 g/mol. The molecule has 4 heteroatoms. The largest absolute Gasteiger partial charge is 0.316 e. The van der Waals surface area contributed by atoms with Crippen LogP contribution in [0.4, 0.5) is 4.39 Å². The molecule has 0 radical (unpaired) electrons. The van der Waals surface area contributed by atoms with Gasteiger partial charge in [-0.05, 0) is 43.3 Å². The maximum atomic E-state index is 13.3. The van der Waals surface area contributed by atoms with Gasteiger partial charge in [-0.2, -0.15) is 11.8 Å². The van der Waals surface area contributed by atoms with Gasteiger partial charge in [-0.15, -0.1) is 0 Å². The van der Waals surface area contributed by atoms with Crippen LogP contribution in [0.2, 0.25) is 5.02 Å². The van der Waals surface area contributed by atoms with Crippen molar-refractivity contribution in [2.24, 2.45) is 0 Å². The van der Waals surface area contributed by atoms with E-state index in [4.69, 9.17) is 11.6 Å². The molecule has 1 aromatic rings. The molecule has 0 aliphatic heterocycles. The lowest BCUT2D eigenvalue weighted by Gasteiger charge is -2.15. The first-order valence-electron chi connectivity index (χ1n) is 5.86. The maximum Gasteiger partial charge on any atom is 0.142 e. The van der Waals surface area contributed by atoms with Crippen molar-refractivity contribution in [3.63, 3.8) is 0 Å². The highest BCUT2D eigenvalue weighted by Crippen LogP contribution is 2.17. The number of benzene rings is 1. The van der Waals surface area contributed by atoms with Crippen molar-refractivity contribution >= 4 is 23.4 Å². The Labute approximate surface area is 112 Å². The third-order valence-corrected chi connectivity index (χ3v) is 4.18. The molecule has 0 bridgehead atoms. The summed E-state index contributed by atoms with van der Waals surface area (Å²) in [6, 6.07) is 5.42. The van der Waals surface area contributed by atoms with Crippen LogP contribution in [0.3, 0.4) is 0 Å². The van der Waals surface area contributed by atoms with Crippen molar-refractivity contribution in [3.05, 3.63) is 34.6 Å². The second-order valence-corrected chi connectivity index (χ2v) is 5.57. The van der Waals surface area contributed by atoms with E-state index < -0.39 is 0 Å². The van der Waals surface area contributed by atoms with Crippen molar-refractivity contribution in [2.45, 2.75) is 25.8 Å². The number of halogens is 2. The highest BCUT2D eigenvalue weighted by Gasteiger charge is 2.09. The first kappa shape index (κ1) is 14.8. The normalized spacial score (nSPS) is 12.7. The van der Waals surface area contributed by atoms with Gasteiger partial charge in [0.1, 0.15) is 5.82 Å². The summed E-state index contributed by atoms with van der Waals surface area (Å²) in [5.41, 5.74) is 0.989. The Morgan fingerprint density at radius 2 is 2.24 bits per heavy atom. The number of thioether (sulfide) groups is 1. The molecule has 0 saturated heterocycles. The van der Waals surface area contributed by atoms with E-state index in [1.165, 1.54) is 18.2 Å². The fourth-order valence-electron chi connectivity index (χ4n) is 1.57. The molecule has 0 amide bonds. The van der Waals surface area contributed by atoms with Gasteiger partial charge in [0.2, 0.25) is 0 Å². The Kier molecular flexibility index (Phi) is 6.93. The SMILES string of the molecule is CCCSCC(Cc1ccc(Cl)c(F)c1)NC. The summed E-state index contributed by atoms with van der Waals surface area (Å²) in [5, 5.41) is 3.46. The van der Waals surface area contributed by atoms with E-state index in [-0.39, 0.29) is 10.8 Å². The van der Waals surface area contributed by atoms with Crippen LogP contribution in [0.25, 0.3) is 0 Å². The molecule has 0 heterocycles. The van der Waals surface area contributed by atoms with Gasteiger partial charge in [-0.3, -0.25) is 0 Å². The van der Waals surface area contributed by atoms with Crippen LogP contribution in [0.5, 0.6) is 0 Å². The van der Waals surface area contributed by atoms with Crippen molar-refractivity contribution in [1.82, 2.24) is 5.32 Å². The number of nitrogens with one attached hydrogen (secondary N) is 1. The van der Waals surface area contributed by atoms with E-state index in [1.54, 1.807) is 6.07 Å². The topological polar surface area (TPSA) is 12.0 Å². The summed E-state index contributed by atoms with van der Waals surface area (Å²) in [6.45, 7) is 2.18. The van der Waals surface area contributed by atoms with Crippen LogP contribution in [0.15, 0.2) is 18.2 Å². The Morgan fingerprint density at radius 1 is 1.47 bits per heavy atom. The molecule has 0 spiro atoms. The monoisotopic (exact) mass is 275 g/mol. The molecule has 1 atom stereocenters. The zero-order chi connectivity index (χ0) is 12.7. The lowest BCUT2D eigenvalue weighted by atomic mass is 10.1. The molecule has 0 fully saturated rings. The van der Waals surface area contributed by atoms with Crippen molar-refractivity contribution in [1.29, 1.82) is 0 Å². The first-order valence-corrected chi connectivity index (χ1v) is 7.39. The van der Waals surface area contributed by atoms with Gasteiger partial charge in [-0.25, -0.2) is 4.39 Å². The lowest BCUT2D eigenvalue weighted by Crippen LogP contribution is -2.30. The zero-order valence-corrected chi connectivity index (χ0v) is 11.9. The molecule has 0 aliphatic rings. The molecular weight excluding hydrogens is 257 g/mol. The van der Waals surface area contributed by atoms with E-state index in [2.05, 4.69) is 12.2 Å². The molecule has 96 valence electrons. The molecule has 17 heavy (non-hydrogen) atoms. The summed E-state index contributed by atoms with van der Waals surface area (Å²) in [4.78, 5) is 0. The molecule has 0 saturated carbocycles. The Balaban J connectivity index is 2.51. The average Bonchev–Trinajstić information content (AvgIpc) is 2.32. The van der Waals surface area contributed by atoms with Crippen molar-refractivity contribution in [2.75, 3.05) is 18.6 Å². The minimum Gasteiger partial charge on any atom is -0.316 e. The molecule has 0 aromatic heterocycles. The summed E-state index contributed by atoms with van der Waals surface area (Å²) in [5.74, 6) is 1.89. The summed E-state index contributed by atoms with van der Waals surface area (Å²) >= 11 is 7.59. The van der Waals surface area contributed by atoms with Gasteiger partial charge in [0.05, 0.1) is 5.02 Å². The highest BCUT2D eigenvalue weighted by atomic mass is 35.5. The summed E-state index contributed by atoms with van der Waals surface area (Å²) in [6.07, 6.45) is 2.03. The molecule has 1 N–H and O–H groups in total. The van der Waals surface area contributed by atoms with Gasteiger partial charge in [-0.1, -0.05) is 24.6 Å². The fraction of sp³-hybridized carbons (Fsp3) is 0.538. The van der Waals surface area contributed by atoms with Crippen LogP contribution in [-0.4, -0.2) is 24.6 Å². The molecule has 1 aromatic carbocycles. The van der Waals surface area contributed by atoms with Gasteiger partial charge in [0, 0.05) is 11.8 Å². The van der Waals surface area contributed by atoms with Crippen LogP contribution < -0.4 is 5.32 Å². The lowest BCUT2D eigenvalue weighted by molar-refractivity contribution is 0.603. The molecule has 0 aliphatic carbocycles. The second kappa shape index (κ2) is 7.96. The fourth-order valence-corrected chi connectivity index (χ4v) is 2.71. The summed E-state index contributed by atoms with van der Waals surface area (Å²) < 4.78 is 13.3. The maximum absolute atomic E-state index is 13.3. The minimum atomic E-state index is -0.333. The first-order chi connectivity index (χ1) is 8.17. The minimum absolute atomic E-state index is 0.190. The predicted octanol–water partition coefficient (Wildman–Crippen LogP) is 3.75. The van der Waals surface area contributed by atoms with Gasteiger partial charge >= 0.3 is 0 Å². The third-order valence-electron chi connectivity index (χ3n) is 2.54.